The molecule has 1 aliphatic heterocycles. The minimum Gasteiger partial charge on any atom is -0.373 e. The Hall–Kier alpha value is -0.120. The Labute approximate surface area is 67.9 Å². The van der Waals surface area contributed by atoms with E-state index >= 15 is 0 Å². The van der Waals surface area contributed by atoms with Crippen LogP contribution in [0.15, 0.2) is 0 Å². The molecule has 66 valence electrons. The summed E-state index contributed by atoms with van der Waals surface area (Å²) in [6.07, 6.45) is 1.11. The topological polar surface area (TPSA) is 44.5 Å². The summed E-state index contributed by atoms with van der Waals surface area (Å²) in [5.74, 6) is 0. The summed E-state index contributed by atoms with van der Waals surface area (Å²) < 4.78 is 11.1. The summed E-state index contributed by atoms with van der Waals surface area (Å²) in [5, 5.41) is 0. The normalized spacial score (nSPS) is 30.3. The second-order valence-electron chi connectivity index (χ2n) is 3.58. The van der Waals surface area contributed by atoms with Crippen molar-refractivity contribution < 1.29 is 9.47 Å². The molecule has 11 heavy (non-hydrogen) atoms. The SMILES string of the molecule is CC1(C)CO[C@H](CCN)CO1. The zero-order chi connectivity index (χ0) is 8.32. The molecule has 0 unspecified atom stereocenters. The molecule has 1 aliphatic rings. The first-order valence-electron chi connectivity index (χ1n) is 4.10. The standard InChI is InChI=1S/C8H17NO2/c1-8(2)6-10-7(3-4-9)5-11-8/h7H,3-6,9H2,1-2H3/t7-/m1/s1. The molecule has 3 heteroatoms. The van der Waals surface area contributed by atoms with E-state index in [0.717, 1.165) is 6.42 Å². The van der Waals surface area contributed by atoms with Crippen molar-refractivity contribution in [3.05, 3.63) is 0 Å². The first-order valence-corrected chi connectivity index (χ1v) is 4.10. The monoisotopic (exact) mass is 159 g/mol. The third-order valence-corrected chi connectivity index (χ3v) is 1.82. The van der Waals surface area contributed by atoms with Gasteiger partial charge in [-0.15, -0.1) is 0 Å². The number of nitrogens with two attached hydrogens (primary N) is 1. The predicted molar refractivity (Wildman–Crippen MR) is 43.4 cm³/mol. The lowest BCUT2D eigenvalue weighted by atomic mass is 10.1. The minimum atomic E-state index is -0.106. The van der Waals surface area contributed by atoms with Crippen molar-refractivity contribution in [1.29, 1.82) is 0 Å². The highest BCUT2D eigenvalue weighted by molar-refractivity contribution is 4.74. The zero-order valence-corrected chi connectivity index (χ0v) is 7.30. The molecule has 1 rings (SSSR count). The Kier molecular flexibility index (Phi) is 2.87. The Bertz CT molecular complexity index is 115. The van der Waals surface area contributed by atoms with Crippen LogP contribution in [0.1, 0.15) is 20.3 Å². The molecule has 1 fully saturated rings. The molecule has 0 saturated carbocycles. The van der Waals surface area contributed by atoms with Gasteiger partial charge in [0.1, 0.15) is 0 Å². The highest BCUT2D eigenvalue weighted by Gasteiger charge is 2.27. The van der Waals surface area contributed by atoms with Crippen molar-refractivity contribution in [2.75, 3.05) is 19.8 Å². The van der Waals surface area contributed by atoms with Gasteiger partial charge in [0, 0.05) is 0 Å². The molecular formula is C8H17NO2. The van der Waals surface area contributed by atoms with Crippen molar-refractivity contribution in [3.63, 3.8) is 0 Å². The van der Waals surface area contributed by atoms with Crippen LogP contribution >= 0.6 is 0 Å². The van der Waals surface area contributed by atoms with Gasteiger partial charge in [-0.05, 0) is 26.8 Å². The first kappa shape index (κ1) is 8.97. The Morgan fingerprint density at radius 3 is 2.73 bits per heavy atom. The van der Waals surface area contributed by atoms with E-state index in [1.54, 1.807) is 0 Å². The van der Waals surface area contributed by atoms with E-state index in [1.807, 2.05) is 13.8 Å². The summed E-state index contributed by atoms with van der Waals surface area (Å²) in [5.41, 5.74) is 5.29. The summed E-state index contributed by atoms with van der Waals surface area (Å²) >= 11 is 0. The van der Waals surface area contributed by atoms with E-state index in [4.69, 9.17) is 15.2 Å². The molecule has 2 N–H and O–H groups in total. The number of ether oxygens (including phenoxy) is 2. The van der Waals surface area contributed by atoms with Gasteiger partial charge in [-0.1, -0.05) is 0 Å². The van der Waals surface area contributed by atoms with E-state index in [0.29, 0.717) is 19.8 Å². The van der Waals surface area contributed by atoms with Crippen molar-refractivity contribution in [2.45, 2.75) is 32.0 Å². The second kappa shape index (κ2) is 3.52. The van der Waals surface area contributed by atoms with Crippen LogP contribution in [0.2, 0.25) is 0 Å². The summed E-state index contributed by atoms with van der Waals surface area (Å²) in [7, 11) is 0. The largest absolute Gasteiger partial charge is 0.373 e. The quantitative estimate of drug-likeness (QED) is 0.639. The molecule has 0 aromatic rings. The maximum atomic E-state index is 5.55. The zero-order valence-electron chi connectivity index (χ0n) is 7.30. The molecule has 1 saturated heterocycles. The van der Waals surface area contributed by atoms with Crippen molar-refractivity contribution >= 4 is 0 Å². The van der Waals surface area contributed by atoms with Gasteiger partial charge in [-0.25, -0.2) is 0 Å². The predicted octanol–water partition coefficient (Wildman–Crippen LogP) is 0.529. The van der Waals surface area contributed by atoms with E-state index in [2.05, 4.69) is 0 Å². The lowest BCUT2D eigenvalue weighted by Crippen LogP contribution is -2.42. The average Bonchev–Trinajstić information content (AvgIpc) is 1.94. The van der Waals surface area contributed by atoms with Crippen LogP contribution in [0.5, 0.6) is 0 Å². The molecule has 0 aromatic heterocycles. The van der Waals surface area contributed by atoms with Crippen molar-refractivity contribution in [3.8, 4) is 0 Å². The van der Waals surface area contributed by atoms with Gasteiger partial charge in [0.25, 0.3) is 0 Å². The molecule has 0 amide bonds. The van der Waals surface area contributed by atoms with E-state index in [9.17, 15) is 0 Å². The van der Waals surface area contributed by atoms with E-state index in [-0.39, 0.29) is 11.7 Å². The summed E-state index contributed by atoms with van der Waals surface area (Å²) in [6, 6.07) is 0. The lowest BCUT2D eigenvalue weighted by molar-refractivity contribution is -0.175. The maximum absolute atomic E-state index is 5.55. The molecule has 0 spiro atoms. The third kappa shape index (κ3) is 2.77. The van der Waals surface area contributed by atoms with Crippen LogP contribution in [0.4, 0.5) is 0 Å². The Morgan fingerprint density at radius 2 is 2.27 bits per heavy atom. The van der Waals surface area contributed by atoms with Gasteiger partial charge in [0.15, 0.2) is 0 Å². The number of hydrogen-bond donors (Lipinski definition) is 1. The van der Waals surface area contributed by atoms with Gasteiger partial charge in [0.2, 0.25) is 0 Å². The maximum Gasteiger partial charge on any atom is 0.0860 e. The first-order chi connectivity index (χ1) is 5.14. The van der Waals surface area contributed by atoms with Crippen molar-refractivity contribution in [2.24, 2.45) is 5.73 Å². The Morgan fingerprint density at radius 1 is 1.55 bits per heavy atom. The highest BCUT2D eigenvalue weighted by Crippen LogP contribution is 2.18. The van der Waals surface area contributed by atoms with Gasteiger partial charge in [0.05, 0.1) is 24.9 Å². The van der Waals surface area contributed by atoms with E-state index < -0.39 is 0 Å². The number of hydrogen-bond acceptors (Lipinski definition) is 3. The van der Waals surface area contributed by atoms with Gasteiger partial charge in [-0.2, -0.15) is 0 Å². The summed E-state index contributed by atoms with van der Waals surface area (Å²) in [6.45, 7) is 6.10. The fourth-order valence-electron chi connectivity index (χ4n) is 1.08. The van der Waals surface area contributed by atoms with Crippen LogP contribution in [-0.4, -0.2) is 31.5 Å². The fraction of sp³-hybridized carbons (Fsp3) is 1.00. The summed E-state index contributed by atoms with van der Waals surface area (Å²) in [4.78, 5) is 0. The molecular weight excluding hydrogens is 142 g/mol. The molecule has 0 aliphatic carbocycles. The molecule has 1 atom stereocenters. The van der Waals surface area contributed by atoms with Crippen LogP contribution in [0.25, 0.3) is 0 Å². The van der Waals surface area contributed by atoms with Gasteiger partial charge in [-0.3, -0.25) is 0 Å². The molecule has 0 radical (unpaired) electrons. The van der Waals surface area contributed by atoms with Crippen LogP contribution in [-0.2, 0) is 9.47 Å². The second-order valence-corrected chi connectivity index (χ2v) is 3.58. The third-order valence-electron chi connectivity index (χ3n) is 1.82. The smallest absolute Gasteiger partial charge is 0.0860 e. The highest BCUT2D eigenvalue weighted by atomic mass is 16.6. The lowest BCUT2D eigenvalue weighted by Gasteiger charge is -2.34. The molecule has 1 heterocycles. The van der Waals surface area contributed by atoms with Crippen LogP contribution in [0, 0.1) is 0 Å². The fourth-order valence-corrected chi connectivity index (χ4v) is 1.08. The van der Waals surface area contributed by atoms with Gasteiger partial charge < -0.3 is 15.2 Å². The molecule has 3 nitrogen and oxygen atoms in total. The van der Waals surface area contributed by atoms with Crippen molar-refractivity contribution in [1.82, 2.24) is 0 Å². The number of rotatable bonds is 2. The molecule has 0 aromatic carbocycles. The van der Waals surface area contributed by atoms with Crippen LogP contribution in [0.3, 0.4) is 0 Å². The average molecular weight is 159 g/mol. The van der Waals surface area contributed by atoms with Gasteiger partial charge >= 0.3 is 0 Å². The van der Waals surface area contributed by atoms with E-state index in [1.165, 1.54) is 0 Å². The molecule has 0 bridgehead atoms. The Balaban J connectivity index is 2.25. The minimum absolute atomic E-state index is 0.106. The van der Waals surface area contributed by atoms with Crippen LogP contribution < -0.4 is 5.73 Å².